The van der Waals surface area contributed by atoms with Crippen molar-refractivity contribution >= 4 is 21.9 Å². The van der Waals surface area contributed by atoms with Crippen LogP contribution in [0.3, 0.4) is 0 Å². The standard InChI is InChI=1S/C37H48N2O9S/c1-44-35-10-4-3-8-31(35)27-45-21-7-22-46-32-15-13-29(14-16-32)33-17-20-39(37(40)41)25-36(33)47-26-28-11-12-30-9-5-18-38(34(30)24-28)19-6-23-48-49(2,42)43/h3-4,8,10-16,24,33,36H,5-7,9,17-23,25-27H2,1-2H3,(H,40,41). The van der Waals surface area contributed by atoms with E-state index in [1.165, 1.54) is 10.5 Å². The number of hydrogen-bond acceptors (Lipinski definition) is 9. The van der Waals surface area contributed by atoms with Crippen molar-refractivity contribution in [3.8, 4) is 11.5 Å². The van der Waals surface area contributed by atoms with E-state index in [0.29, 0.717) is 58.9 Å². The summed E-state index contributed by atoms with van der Waals surface area (Å²) < 4.78 is 51.2. The van der Waals surface area contributed by atoms with Gasteiger partial charge in [-0.3, -0.25) is 4.18 Å². The minimum atomic E-state index is -3.45. The fraction of sp³-hybridized carbons (Fsp3) is 0.486. The van der Waals surface area contributed by atoms with Crippen molar-refractivity contribution in [1.29, 1.82) is 0 Å². The van der Waals surface area contributed by atoms with Crippen molar-refractivity contribution in [3.63, 3.8) is 0 Å². The number of ether oxygens (including phenoxy) is 4. The first kappa shape index (κ1) is 36.4. The van der Waals surface area contributed by atoms with Crippen molar-refractivity contribution in [2.24, 2.45) is 0 Å². The zero-order valence-corrected chi connectivity index (χ0v) is 29.2. The summed E-state index contributed by atoms with van der Waals surface area (Å²) in [7, 11) is -1.80. The molecule has 0 saturated carbocycles. The number of likely N-dealkylation sites (tertiary alicyclic amines) is 1. The molecule has 49 heavy (non-hydrogen) atoms. The SMILES string of the molecule is COc1ccccc1COCCCOc1ccc(C2CCN(C(=O)O)CC2OCc2ccc3c(c2)N(CCCOS(C)(=O)=O)CCC3)cc1. The van der Waals surface area contributed by atoms with Crippen LogP contribution >= 0.6 is 0 Å². The molecule has 2 atom stereocenters. The van der Waals surface area contributed by atoms with Gasteiger partial charge in [0.05, 0.1) is 59.0 Å². The van der Waals surface area contributed by atoms with Crippen molar-refractivity contribution in [3.05, 3.63) is 89.0 Å². The van der Waals surface area contributed by atoms with Crippen LogP contribution in [-0.4, -0.2) is 90.0 Å². The second kappa shape index (κ2) is 17.7. The van der Waals surface area contributed by atoms with Gasteiger partial charge in [-0.2, -0.15) is 8.42 Å². The number of carboxylic acid groups (broad SMARTS) is 1. The van der Waals surface area contributed by atoms with Gasteiger partial charge < -0.3 is 33.9 Å². The number of anilines is 1. The Morgan fingerprint density at radius 3 is 2.55 bits per heavy atom. The number of methoxy groups -OCH3 is 1. The number of fused-ring (bicyclic) bond motifs is 1. The average Bonchev–Trinajstić information content (AvgIpc) is 3.10. The number of benzene rings is 3. The third-order valence-electron chi connectivity index (χ3n) is 8.99. The molecule has 3 aromatic rings. The summed E-state index contributed by atoms with van der Waals surface area (Å²) in [6.45, 7) is 4.43. The molecule has 2 unspecified atom stereocenters. The molecule has 2 aliphatic rings. The van der Waals surface area contributed by atoms with Crippen molar-refractivity contribution < 1.29 is 41.4 Å². The predicted molar refractivity (Wildman–Crippen MR) is 187 cm³/mol. The first-order valence-electron chi connectivity index (χ1n) is 16.9. The summed E-state index contributed by atoms with van der Waals surface area (Å²) in [5, 5.41) is 9.74. The molecule has 5 rings (SSSR count). The van der Waals surface area contributed by atoms with Crippen molar-refractivity contribution in [2.75, 3.05) is 64.3 Å². The van der Waals surface area contributed by atoms with Crippen LogP contribution in [0, 0.1) is 0 Å². The number of hydrogen-bond donors (Lipinski definition) is 1. The Balaban J connectivity index is 1.14. The molecule has 1 saturated heterocycles. The Kier molecular flexibility index (Phi) is 13.2. The smallest absolute Gasteiger partial charge is 0.407 e. The lowest BCUT2D eigenvalue weighted by molar-refractivity contribution is -0.0199. The maximum absolute atomic E-state index is 11.9. The third-order valence-corrected chi connectivity index (χ3v) is 9.58. The first-order valence-corrected chi connectivity index (χ1v) is 18.7. The van der Waals surface area contributed by atoms with E-state index in [-0.39, 0.29) is 18.6 Å². The topological polar surface area (TPSA) is 124 Å². The number of amides is 1. The van der Waals surface area contributed by atoms with Crippen LogP contribution in [0.1, 0.15) is 53.9 Å². The summed E-state index contributed by atoms with van der Waals surface area (Å²) in [6.07, 6.45) is 3.86. The van der Waals surface area contributed by atoms with E-state index in [1.54, 1.807) is 7.11 Å². The van der Waals surface area contributed by atoms with Crippen molar-refractivity contribution in [2.45, 2.75) is 57.3 Å². The van der Waals surface area contributed by atoms with Crippen LogP contribution < -0.4 is 14.4 Å². The molecule has 12 heteroatoms. The average molecular weight is 697 g/mol. The molecule has 1 amide bonds. The van der Waals surface area contributed by atoms with E-state index in [9.17, 15) is 18.3 Å². The summed E-state index contributed by atoms with van der Waals surface area (Å²) in [5.41, 5.74) is 5.52. The van der Waals surface area contributed by atoms with E-state index in [4.69, 9.17) is 23.1 Å². The lowest BCUT2D eigenvalue weighted by Crippen LogP contribution is -2.46. The van der Waals surface area contributed by atoms with Gasteiger partial charge >= 0.3 is 6.09 Å². The normalized spacial score (nSPS) is 17.8. The van der Waals surface area contributed by atoms with Gasteiger partial charge in [0.1, 0.15) is 11.5 Å². The fourth-order valence-electron chi connectivity index (χ4n) is 6.49. The van der Waals surface area contributed by atoms with Gasteiger partial charge in [-0.25, -0.2) is 4.79 Å². The second-order valence-corrected chi connectivity index (χ2v) is 14.2. The number of piperidine rings is 1. The molecule has 0 bridgehead atoms. The highest BCUT2D eigenvalue weighted by Gasteiger charge is 2.33. The van der Waals surface area contributed by atoms with Gasteiger partial charge in [0.2, 0.25) is 0 Å². The van der Waals surface area contributed by atoms with E-state index in [1.807, 2.05) is 36.4 Å². The summed E-state index contributed by atoms with van der Waals surface area (Å²) in [6, 6.07) is 22.2. The summed E-state index contributed by atoms with van der Waals surface area (Å²) in [4.78, 5) is 15.6. The Hall–Kier alpha value is -3.84. The number of rotatable bonds is 17. The highest BCUT2D eigenvalue weighted by Crippen LogP contribution is 2.34. The zero-order chi connectivity index (χ0) is 34.6. The van der Waals surface area contributed by atoms with Gasteiger partial charge in [-0.05, 0) is 66.6 Å². The van der Waals surface area contributed by atoms with E-state index in [0.717, 1.165) is 65.9 Å². The minimum absolute atomic E-state index is 0.0389. The van der Waals surface area contributed by atoms with Gasteiger partial charge in [0.15, 0.2) is 0 Å². The monoisotopic (exact) mass is 696 g/mol. The van der Waals surface area contributed by atoms with E-state index in [2.05, 4.69) is 35.2 Å². The Morgan fingerprint density at radius 2 is 1.78 bits per heavy atom. The molecule has 266 valence electrons. The van der Waals surface area contributed by atoms with Gasteiger partial charge in [-0.1, -0.05) is 42.5 Å². The fourth-order valence-corrected chi connectivity index (χ4v) is 6.91. The molecular weight excluding hydrogens is 648 g/mol. The molecule has 2 aliphatic heterocycles. The van der Waals surface area contributed by atoms with Crippen LogP contribution in [0.25, 0.3) is 0 Å². The second-order valence-electron chi connectivity index (χ2n) is 12.5. The molecule has 1 fully saturated rings. The molecule has 11 nitrogen and oxygen atoms in total. The van der Waals surface area contributed by atoms with Gasteiger partial charge in [0, 0.05) is 43.2 Å². The molecule has 2 heterocycles. The molecule has 0 aliphatic carbocycles. The third kappa shape index (κ3) is 10.8. The number of aryl methyl sites for hydroxylation is 1. The Labute approximate surface area is 289 Å². The first-order chi connectivity index (χ1) is 23.7. The maximum atomic E-state index is 11.9. The summed E-state index contributed by atoms with van der Waals surface area (Å²) in [5.74, 6) is 1.63. The van der Waals surface area contributed by atoms with Crippen LogP contribution in [0.2, 0.25) is 0 Å². The van der Waals surface area contributed by atoms with Crippen LogP contribution in [0.4, 0.5) is 10.5 Å². The predicted octanol–water partition coefficient (Wildman–Crippen LogP) is 5.85. The van der Waals surface area contributed by atoms with Crippen LogP contribution in [-0.2, 0) is 43.4 Å². The Morgan fingerprint density at radius 1 is 0.959 bits per heavy atom. The zero-order valence-electron chi connectivity index (χ0n) is 28.4. The largest absolute Gasteiger partial charge is 0.496 e. The molecule has 1 N–H and O–H groups in total. The molecule has 0 radical (unpaired) electrons. The number of nitrogens with zero attached hydrogens (tertiary/aromatic N) is 2. The summed E-state index contributed by atoms with van der Waals surface area (Å²) >= 11 is 0. The Bertz CT molecular complexity index is 1620. The maximum Gasteiger partial charge on any atom is 0.407 e. The minimum Gasteiger partial charge on any atom is -0.496 e. The highest BCUT2D eigenvalue weighted by molar-refractivity contribution is 7.85. The van der Waals surface area contributed by atoms with Crippen molar-refractivity contribution in [1.82, 2.24) is 4.90 Å². The quantitative estimate of drug-likeness (QED) is 0.136. The molecule has 3 aromatic carbocycles. The molecule has 0 spiro atoms. The van der Waals surface area contributed by atoms with Crippen LogP contribution in [0.15, 0.2) is 66.7 Å². The van der Waals surface area contributed by atoms with Gasteiger partial charge in [0.25, 0.3) is 10.1 Å². The number of para-hydroxylation sites is 1. The van der Waals surface area contributed by atoms with Gasteiger partial charge in [-0.15, -0.1) is 0 Å². The highest BCUT2D eigenvalue weighted by atomic mass is 32.2. The lowest BCUT2D eigenvalue weighted by Gasteiger charge is -2.37. The number of carbonyl (C=O) groups is 1. The lowest BCUT2D eigenvalue weighted by atomic mass is 9.87. The van der Waals surface area contributed by atoms with E-state index >= 15 is 0 Å². The molecule has 0 aromatic heterocycles. The molecular formula is C37H48N2O9S. The van der Waals surface area contributed by atoms with Crippen LogP contribution in [0.5, 0.6) is 11.5 Å². The van der Waals surface area contributed by atoms with E-state index < -0.39 is 16.2 Å².